The van der Waals surface area contributed by atoms with E-state index in [1.165, 1.54) is 6.26 Å². The van der Waals surface area contributed by atoms with E-state index in [1.807, 2.05) is 4.98 Å². The van der Waals surface area contributed by atoms with Crippen LogP contribution in [0.5, 0.6) is 0 Å². The van der Waals surface area contributed by atoms with Crippen LogP contribution in [0.3, 0.4) is 0 Å². The lowest BCUT2D eigenvalue weighted by molar-refractivity contribution is -0.386. The third kappa shape index (κ3) is 2.14. The minimum absolute atomic E-state index is 0.0173. The zero-order valence-corrected chi connectivity index (χ0v) is 8.45. The molecule has 8 heteroatoms. The van der Waals surface area contributed by atoms with Gasteiger partial charge < -0.3 is 4.42 Å². The Morgan fingerprint density at radius 1 is 1.47 bits per heavy atom. The van der Waals surface area contributed by atoms with Crippen molar-refractivity contribution >= 4 is 5.69 Å². The molecule has 0 bridgehead atoms. The Labute approximate surface area is 93.3 Å². The molecule has 88 valence electrons. The molecule has 8 nitrogen and oxygen atoms in total. The van der Waals surface area contributed by atoms with Crippen LogP contribution < -0.4 is 11.2 Å². The topological polar surface area (TPSA) is 111 Å². The second-order valence-electron chi connectivity index (χ2n) is 3.24. The largest absolute Gasteiger partial charge is 0.467 e. The fourth-order valence-electron chi connectivity index (χ4n) is 1.32. The highest BCUT2D eigenvalue weighted by molar-refractivity contribution is 5.21. The number of aromatic nitrogens is 2. The van der Waals surface area contributed by atoms with E-state index >= 15 is 0 Å². The highest BCUT2D eigenvalue weighted by atomic mass is 16.6. The first-order valence-electron chi connectivity index (χ1n) is 4.58. The van der Waals surface area contributed by atoms with Gasteiger partial charge in [0.2, 0.25) is 0 Å². The molecule has 0 unspecified atom stereocenters. The molecule has 0 fully saturated rings. The van der Waals surface area contributed by atoms with E-state index in [9.17, 15) is 19.7 Å². The molecule has 0 saturated carbocycles. The summed E-state index contributed by atoms with van der Waals surface area (Å²) in [4.78, 5) is 34.0. The van der Waals surface area contributed by atoms with Crippen molar-refractivity contribution in [3.05, 3.63) is 61.3 Å². The summed E-state index contributed by atoms with van der Waals surface area (Å²) in [5.41, 5.74) is -2.43. The van der Waals surface area contributed by atoms with Crippen molar-refractivity contribution in [3.8, 4) is 0 Å². The average Bonchev–Trinajstić information content (AvgIpc) is 2.74. The Kier molecular flexibility index (Phi) is 2.61. The highest BCUT2D eigenvalue weighted by Gasteiger charge is 2.15. The molecule has 2 aromatic rings. The number of nitro groups is 1. The second-order valence-corrected chi connectivity index (χ2v) is 3.24. The van der Waals surface area contributed by atoms with Gasteiger partial charge in [0.15, 0.2) is 0 Å². The van der Waals surface area contributed by atoms with Crippen molar-refractivity contribution in [2.24, 2.45) is 0 Å². The maximum Gasteiger partial charge on any atom is 0.350 e. The van der Waals surface area contributed by atoms with Crippen LogP contribution in [0, 0.1) is 10.1 Å². The SMILES string of the molecule is O=c1[nH]c(=O)n(Cc2ccco2)cc1[N+](=O)[O-]. The van der Waals surface area contributed by atoms with Gasteiger partial charge in [0.1, 0.15) is 5.76 Å². The molecular weight excluding hydrogens is 230 g/mol. The minimum atomic E-state index is -1.02. The van der Waals surface area contributed by atoms with Crippen LogP contribution in [0.15, 0.2) is 38.6 Å². The van der Waals surface area contributed by atoms with E-state index in [4.69, 9.17) is 4.42 Å². The van der Waals surface area contributed by atoms with Crippen molar-refractivity contribution in [3.63, 3.8) is 0 Å². The smallest absolute Gasteiger partial charge is 0.350 e. The van der Waals surface area contributed by atoms with Crippen molar-refractivity contribution in [2.45, 2.75) is 6.54 Å². The number of H-pyrrole nitrogens is 1. The van der Waals surface area contributed by atoms with Gasteiger partial charge in [-0.3, -0.25) is 24.5 Å². The standard InChI is InChI=1S/C9H7N3O5/c13-8-7(12(15)16)5-11(9(14)10-8)4-6-2-1-3-17-6/h1-3,5H,4H2,(H,10,13,14). The highest BCUT2D eigenvalue weighted by Crippen LogP contribution is 2.04. The van der Waals surface area contributed by atoms with Gasteiger partial charge in [-0.15, -0.1) is 0 Å². The van der Waals surface area contributed by atoms with Crippen molar-refractivity contribution in [1.29, 1.82) is 0 Å². The molecule has 0 amide bonds. The Morgan fingerprint density at radius 3 is 2.82 bits per heavy atom. The Morgan fingerprint density at radius 2 is 2.24 bits per heavy atom. The number of nitrogens with one attached hydrogen (secondary N) is 1. The molecule has 2 rings (SSSR count). The molecule has 0 atom stereocenters. The Bertz CT molecular complexity index is 652. The Hall–Kier alpha value is -2.64. The number of rotatable bonds is 3. The number of aromatic amines is 1. The summed E-state index contributed by atoms with van der Waals surface area (Å²) >= 11 is 0. The number of hydrogen-bond donors (Lipinski definition) is 1. The molecule has 1 N–H and O–H groups in total. The molecule has 0 aliphatic carbocycles. The molecule has 2 heterocycles. The quantitative estimate of drug-likeness (QED) is 0.600. The lowest BCUT2D eigenvalue weighted by Gasteiger charge is -2.01. The lowest BCUT2D eigenvalue weighted by atomic mass is 10.4. The van der Waals surface area contributed by atoms with Gasteiger partial charge >= 0.3 is 16.9 Å². The maximum absolute atomic E-state index is 11.4. The summed E-state index contributed by atoms with van der Waals surface area (Å²) in [6.45, 7) is 0.0173. The molecule has 0 radical (unpaired) electrons. The fourth-order valence-corrected chi connectivity index (χ4v) is 1.32. The maximum atomic E-state index is 11.4. The van der Waals surface area contributed by atoms with E-state index in [0.717, 1.165) is 10.8 Å². The predicted octanol–water partition coefficient (Wildman–Crippen LogP) is 0.0861. The number of hydrogen-bond acceptors (Lipinski definition) is 5. The third-order valence-electron chi connectivity index (χ3n) is 2.10. The molecule has 17 heavy (non-hydrogen) atoms. The van der Waals surface area contributed by atoms with Crippen LogP contribution in [0.4, 0.5) is 5.69 Å². The van der Waals surface area contributed by atoms with Gasteiger partial charge in [0.05, 0.1) is 23.9 Å². The van der Waals surface area contributed by atoms with Gasteiger partial charge in [-0.2, -0.15) is 0 Å². The van der Waals surface area contributed by atoms with Crippen molar-refractivity contribution < 1.29 is 9.34 Å². The van der Waals surface area contributed by atoms with Gasteiger partial charge in [0, 0.05) is 0 Å². The van der Waals surface area contributed by atoms with E-state index in [0.29, 0.717) is 5.76 Å². The van der Waals surface area contributed by atoms with Crippen molar-refractivity contribution in [2.75, 3.05) is 0 Å². The van der Waals surface area contributed by atoms with E-state index in [-0.39, 0.29) is 6.54 Å². The van der Waals surface area contributed by atoms with E-state index in [2.05, 4.69) is 0 Å². The second kappa shape index (κ2) is 4.08. The van der Waals surface area contributed by atoms with Crippen LogP contribution in [0.1, 0.15) is 5.76 Å². The van der Waals surface area contributed by atoms with E-state index in [1.54, 1.807) is 12.1 Å². The third-order valence-corrected chi connectivity index (χ3v) is 2.10. The molecule has 0 saturated heterocycles. The average molecular weight is 237 g/mol. The monoisotopic (exact) mass is 237 g/mol. The van der Waals surface area contributed by atoms with Crippen LogP contribution >= 0.6 is 0 Å². The van der Waals surface area contributed by atoms with Gasteiger partial charge in [0.25, 0.3) is 0 Å². The normalized spacial score (nSPS) is 10.4. The fraction of sp³-hybridized carbons (Fsp3) is 0.111. The molecule has 0 aromatic carbocycles. The van der Waals surface area contributed by atoms with Crippen LogP contribution in [-0.2, 0) is 6.54 Å². The number of furan rings is 1. The molecule has 0 spiro atoms. The predicted molar refractivity (Wildman–Crippen MR) is 55.8 cm³/mol. The summed E-state index contributed by atoms with van der Waals surface area (Å²) in [5.74, 6) is 0.452. The first-order chi connectivity index (χ1) is 8.08. The minimum Gasteiger partial charge on any atom is -0.467 e. The van der Waals surface area contributed by atoms with Crippen LogP contribution in [0.2, 0.25) is 0 Å². The number of nitrogens with zero attached hydrogens (tertiary/aromatic N) is 2. The molecule has 0 aliphatic heterocycles. The van der Waals surface area contributed by atoms with Gasteiger partial charge in [-0.25, -0.2) is 4.79 Å². The lowest BCUT2D eigenvalue weighted by Crippen LogP contribution is -2.30. The zero-order chi connectivity index (χ0) is 12.4. The zero-order valence-electron chi connectivity index (χ0n) is 8.45. The molecular formula is C9H7N3O5. The van der Waals surface area contributed by atoms with Crippen LogP contribution in [-0.4, -0.2) is 14.5 Å². The van der Waals surface area contributed by atoms with Crippen LogP contribution in [0.25, 0.3) is 0 Å². The van der Waals surface area contributed by atoms with E-state index < -0.39 is 21.9 Å². The molecule has 0 aliphatic rings. The summed E-state index contributed by atoms with van der Waals surface area (Å²) in [7, 11) is 0. The summed E-state index contributed by atoms with van der Waals surface area (Å²) < 4.78 is 6.00. The first kappa shape index (κ1) is 10.9. The first-order valence-corrected chi connectivity index (χ1v) is 4.58. The van der Waals surface area contributed by atoms with Gasteiger partial charge in [-0.1, -0.05) is 0 Å². The summed E-state index contributed by atoms with van der Waals surface area (Å²) in [5, 5.41) is 10.5. The summed E-state index contributed by atoms with van der Waals surface area (Å²) in [6, 6.07) is 3.24. The molecule has 2 aromatic heterocycles. The van der Waals surface area contributed by atoms with Crippen molar-refractivity contribution in [1.82, 2.24) is 9.55 Å². The summed E-state index contributed by atoms with van der Waals surface area (Å²) in [6.07, 6.45) is 2.31. The Balaban J connectivity index is 2.47. The van der Waals surface area contributed by atoms with Gasteiger partial charge in [-0.05, 0) is 12.1 Å².